The second-order valence-corrected chi connectivity index (χ2v) is 10.4. The van der Waals surface area contributed by atoms with E-state index in [1.54, 1.807) is 30.6 Å². The minimum Gasteiger partial charge on any atom is -0.497 e. The van der Waals surface area contributed by atoms with E-state index >= 15 is 0 Å². The van der Waals surface area contributed by atoms with Gasteiger partial charge in [-0.15, -0.1) is 11.3 Å². The van der Waals surface area contributed by atoms with Crippen molar-refractivity contribution in [3.8, 4) is 5.75 Å². The number of ketones is 1. The number of carbonyl (C=O) groups excluding carboxylic acids is 2. The van der Waals surface area contributed by atoms with Crippen molar-refractivity contribution in [1.82, 2.24) is 5.32 Å². The number of Topliss-reactive ketones (excluding diaryl/α,β-unsaturated/α-hetero) is 1. The third kappa shape index (κ3) is 4.84. The summed E-state index contributed by atoms with van der Waals surface area (Å²) in [7, 11) is 1.61. The van der Waals surface area contributed by atoms with Gasteiger partial charge in [-0.2, -0.15) is 0 Å². The molecule has 2 aromatic carbocycles. The third-order valence-corrected chi connectivity index (χ3v) is 8.01. The quantitative estimate of drug-likeness (QED) is 0.376. The number of carbonyl (C=O) groups is 2. The minimum absolute atomic E-state index is 0.0510. The van der Waals surface area contributed by atoms with Crippen molar-refractivity contribution in [2.75, 3.05) is 7.11 Å². The van der Waals surface area contributed by atoms with E-state index < -0.39 is 11.9 Å². The lowest BCUT2D eigenvalue weighted by Gasteiger charge is -2.36. The van der Waals surface area contributed by atoms with Crippen LogP contribution in [0.15, 0.2) is 88.6 Å². The number of hydrogen-bond acceptors (Lipinski definition) is 6. The summed E-state index contributed by atoms with van der Waals surface area (Å²) in [5.74, 6) is -0.0470. The summed E-state index contributed by atoms with van der Waals surface area (Å²) in [5, 5.41) is 6.03. The highest BCUT2D eigenvalue weighted by atomic mass is 35.5. The molecule has 0 saturated carbocycles. The molecule has 1 aliphatic carbocycles. The standard InChI is InChI=1S/C29H26ClNO4S/c1-17-26(29(33)35-16-18-5-11-22(34-2)12-6-18)27(19-7-9-21(30)10-8-19)28-23(31-17)14-20(15-24(28)32)25-4-3-13-36-25/h3-13,20,27,31H,14-16H2,1-2H3. The first kappa shape index (κ1) is 24.3. The number of benzene rings is 2. The van der Waals surface area contributed by atoms with Crippen LogP contribution in [0.3, 0.4) is 0 Å². The van der Waals surface area contributed by atoms with Gasteiger partial charge in [0.25, 0.3) is 0 Å². The molecule has 36 heavy (non-hydrogen) atoms. The van der Waals surface area contributed by atoms with E-state index in [1.807, 2.05) is 54.8 Å². The highest BCUT2D eigenvalue weighted by molar-refractivity contribution is 7.10. The Balaban J connectivity index is 1.47. The average Bonchev–Trinajstić information content (AvgIpc) is 3.42. The molecule has 184 valence electrons. The predicted octanol–water partition coefficient (Wildman–Crippen LogP) is 6.52. The highest BCUT2D eigenvalue weighted by Crippen LogP contribution is 2.46. The number of rotatable bonds is 6. The molecule has 0 bridgehead atoms. The number of allylic oxidation sites excluding steroid dienone is 3. The molecule has 2 atom stereocenters. The van der Waals surface area contributed by atoms with Gasteiger partial charge in [-0.3, -0.25) is 4.79 Å². The number of ether oxygens (including phenoxy) is 2. The first-order valence-corrected chi connectivity index (χ1v) is 13.0. The van der Waals surface area contributed by atoms with Gasteiger partial charge in [0.05, 0.1) is 12.7 Å². The van der Waals surface area contributed by atoms with Crippen molar-refractivity contribution in [3.05, 3.63) is 110 Å². The van der Waals surface area contributed by atoms with Crippen LogP contribution in [0.25, 0.3) is 0 Å². The Morgan fingerprint density at radius 2 is 1.83 bits per heavy atom. The van der Waals surface area contributed by atoms with Gasteiger partial charge in [0, 0.05) is 45.1 Å². The Morgan fingerprint density at radius 1 is 1.08 bits per heavy atom. The molecule has 2 heterocycles. The van der Waals surface area contributed by atoms with Gasteiger partial charge in [-0.1, -0.05) is 41.9 Å². The van der Waals surface area contributed by atoms with Crippen molar-refractivity contribution in [2.45, 2.75) is 38.2 Å². The molecule has 2 unspecified atom stereocenters. The van der Waals surface area contributed by atoms with Crippen LogP contribution in [0, 0.1) is 0 Å². The zero-order chi connectivity index (χ0) is 25.2. The Hall–Kier alpha value is -3.35. The third-order valence-electron chi connectivity index (χ3n) is 6.73. The molecule has 7 heteroatoms. The van der Waals surface area contributed by atoms with Crippen LogP contribution in [0.5, 0.6) is 5.75 Å². The fourth-order valence-corrected chi connectivity index (χ4v) is 5.93. The molecular weight excluding hydrogens is 494 g/mol. The largest absolute Gasteiger partial charge is 0.497 e. The van der Waals surface area contributed by atoms with Crippen LogP contribution >= 0.6 is 22.9 Å². The van der Waals surface area contributed by atoms with Crippen LogP contribution < -0.4 is 10.1 Å². The van der Waals surface area contributed by atoms with Crippen molar-refractivity contribution < 1.29 is 19.1 Å². The first-order valence-electron chi connectivity index (χ1n) is 11.8. The van der Waals surface area contributed by atoms with Crippen molar-refractivity contribution in [3.63, 3.8) is 0 Å². The SMILES string of the molecule is COc1ccc(COC(=O)C2=C(C)NC3=C(C(=O)CC(c4cccs4)C3)C2c2ccc(Cl)cc2)cc1. The Bertz CT molecular complexity index is 1340. The average molecular weight is 520 g/mol. The number of nitrogens with one attached hydrogen (secondary N) is 1. The summed E-state index contributed by atoms with van der Waals surface area (Å²) in [6.07, 6.45) is 1.13. The van der Waals surface area contributed by atoms with Gasteiger partial charge < -0.3 is 14.8 Å². The Morgan fingerprint density at radius 3 is 2.50 bits per heavy atom. The van der Waals surface area contributed by atoms with Crippen LogP contribution in [0.1, 0.15) is 47.6 Å². The first-order chi connectivity index (χ1) is 17.4. The molecule has 1 aliphatic heterocycles. The Kier molecular flexibility index (Phi) is 6.99. The minimum atomic E-state index is -0.515. The van der Waals surface area contributed by atoms with Crippen LogP contribution in [-0.2, 0) is 20.9 Å². The van der Waals surface area contributed by atoms with E-state index in [1.165, 1.54) is 4.88 Å². The summed E-state index contributed by atoms with van der Waals surface area (Å²) in [5.41, 5.74) is 4.37. The highest BCUT2D eigenvalue weighted by Gasteiger charge is 2.41. The van der Waals surface area contributed by atoms with Crippen molar-refractivity contribution in [1.29, 1.82) is 0 Å². The normalized spacial score (nSPS) is 19.6. The van der Waals surface area contributed by atoms with E-state index in [0.717, 1.165) is 29.0 Å². The lowest BCUT2D eigenvalue weighted by molar-refractivity contribution is -0.140. The molecule has 0 radical (unpaired) electrons. The summed E-state index contributed by atoms with van der Waals surface area (Å²) in [6, 6.07) is 18.8. The smallest absolute Gasteiger partial charge is 0.337 e. The molecule has 5 nitrogen and oxygen atoms in total. The number of halogens is 1. The number of esters is 1. The van der Waals surface area contributed by atoms with E-state index in [0.29, 0.717) is 28.3 Å². The summed E-state index contributed by atoms with van der Waals surface area (Å²) < 4.78 is 10.9. The lowest BCUT2D eigenvalue weighted by atomic mass is 9.72. The predicted molar refractivity (Wildman–Crippen MR) is 141 cm³/mol. The molecule has 5 rings (SSSR count). The van der Waals surface area contributed by atoms with E-state index in [4.69, 9.17) is 21.1 Å². The fraction of sp³-hybridized carbons (Fsp3) is 0.241. The van der Waals surface area contributed by atoms with Gasteiger partial charge in [-0.05, 0) is 60.2 Å². The van der Waals surface area contributed by atoms with Crippen molar-refractivity contribution >= 4 is 34.7 Å². The topological polar surface area (TPSA) is 64.6 Å². The van der Waals surface area contributed by atoms with Gasteiger partial charge in [0.1, 0.15) is 12.4 Å². The molecular formula is C29H26ClNO4S. The van der Waals surface area contributed by atoms with E-state index in [2.05, 4.69) is 11.4 Å². The lowest BCUT2D eigenvalue weighted by Crippen LogP contribution is -2.36. The van der Waals surface area contributed by atoms with Gasteiger partial charge >= 0.3 is 5.97 Å². The molecule has 0 spiro atoms. The van der Waals surface area contributed by atoms with E-state index in [-0.39, 0.29) is 18.3 Å². The molecule has 1 aromatic heterocycles. The van der Waals surface area contributed by atoms with E-state index in [9.17, 15) is 9.59 Å². The zero-order valence-corrected chi connectivity index (χ0v) is 21.6. The number of methoxy groups -OCH3 is 1. The van der Waals surface area contributed by atoms with Crippen molar-refractivity contribution in [2.24, 2.45) is 0 Å². The maximum Gasteiger partial charge on any atom is 0.337 e. The second kappa shape index (κ2) is 10.3. The van der Waals surface area contributed by atoms with Gasteiger partial charge in [0.15, 0.2) is 5.78 Å². The second-order valence-electron chi connectivity index (χ2n) is 9.01. The molecule has 1 N–H and O–H groups in total. The van der Waals surface area contributed by atoms with Crippen LogP contribution in [0.4, 0.5) is 0 Å². The monoisotopic (exact) mass is 519 g/mol. The van der Waals surface area contributed by atoms with Crippen LogP contribution in [-0.4, -0.2) is 18.9 Å². The fourth-order valence-electron chi connectivity index (χ4n) is 4.97. The van der Waals surface area contributed by atoms with Gasteiger partial charge in [0.2, 0.25) is 0 Å². The molecule has 3 aromatic rings. The zero-order valence-electron chi connectivity index (χ0n) is 20.0. The molecule has 0 fully saturated rings. The van der Waals surface area contributed by atoms with Crippen LogP contribution in [0.2, 0.25) is 5.02 Å². The summed E-state index contributed by atoms with van der Waals surface area (Å²) in [4.78, 5) is 28.3. The molecule has 2 aliphatic rings. The number of thiophene rings is 1. The maximum absolute atomic E-state index is 13.6. The Labute approximate surface area is 219 Å². The maximum atomic E-state index is 13.6. The number of dihydropyridines is 1. The number of hydrogen-bond donors (Lipinski definition) is 1. The molecule has 0 amide bonds. The molecule has 0 saturated heterocycles. The summed E-state index contributed by atoms with van der Waals surface area (Å²) in [6.45, 7) is 1.99. The van der Waals surface area contributed by atoms with Gasteiger partial charge in [-0.25, -0.2) is 4.79 Å². The summed E-state index contributed by atoms with van der Waals surface area (Å²) >= 11 is 7.83.